The molecule has 0 radical (unpaired) electrons. The van der Waals surface area contributed by atoms with Crippen molar-refractivity contribution in [3.63, 3.8) is 0 Å². The van der Waals surface area contributed by atoms with Crippen molar-refractivity contribution in [3.05, 3.63) is 56.5 Å². The molecule has 82 valence electrons. The van der Waals surface area contributed by atoms with Crippen LogP contribution in [0.4, 0.5) is 4.39 Å². The minimum Gasteiger partial charge on any atom is -0.289 e. The molecule has 0 aliphatic heterocycles. The molecule has 0 spiro atoms. The van der Waals surface area contributed by atoms with E-state index in [0.29, 0.717) is 11.1 Å². The van der Waals surface area contributed by atoms with Crippen LogP contribution < -0.4 is 0 Å². The van der Waals surface area contributed by atoms with Crippen molar-refractivity contribution < 1.29 is 9.18 Å². The Morgan fingerprint density at radius 3 is 2.69 bits per heavy atom. The fraction of sp³-hybridized carbons (Fsp3) is 0.0833. The van der Waals surface area contributed by atoms with Crippen LogP contribution in [-0.2, 0) is 0 Å². The average Bonchev–Trinajstić information content (AvgIpc) is 2.64. The SMILES string of the molecule is Cc1cc(C(=O)c2ccc(F)cc2Cl)cs1. The molecule has 0 saturated heterocycles. The first-order chi connectivity index (χ1) is 7.58. The van der Waals surface area contributed by atoms with Gasteiger partial charge in [0.1, 0.15) is 5.82 Å². The van der Waals surface area contributed by atoms with Gasteiger partial charge in [-0.2, -0.15) is 0 Å². The van der Waals surface area contributed by atoms with Crippen LogP contribution in [0.1, 0.15) is 20.8 Å². The number of hydrogen-bond donors (Lipinski definition) is 0. The zero-order valence-electron chi connectivity index (χ0n) is 8.46. The molecule has 1 nitrogen and oxygen atoms in total. The van der Waals surface area contributed by atoms with E-state index < -0.39 is 5.82 Å². The Kier molecular flexibility index (Phi) is 3.08. The van der Waals surface area contributed by atoms with Gasteiger partial charge in [0, 0.05) is 21.4 Å². The third-order valence-corrected chi connectivity index (χ3v) is 3.34. The van der Waals surface area contributed by atoms with Crippen LogP contribution >= 0.6 is 22.9 Å². The first kappa shape index (κ1) is 11.3. The van der Waals surface area contributed by atoms with E-state index in [2.05, 4.69) is 0 Å². The fourth-order valence-corrected chi connectivity index (χ4v) is 2.33. The van der Waals surface area contributed by atoms with Gasteiger partial charge in [-0.1, -0.05) is 11.6 Å². The normalized spacial score (nSPS) is 10.4. The minimum absolute atomic E-state index is 0.147. The van der Waals surface area contributed by atoms with Crippen LogP contribution in [0.25, 0.3) is 0 Å². The van der Waals surface area contributed by atoms with Crippen LogP contribution in [0.3, 0.4) is 0 Å². The van der Waals surface area contributed by atoms with Crippen LogP contribution in [0.15, 0.2) is 29.6 Å². The Bertz CT molecular complexity index is 548. The summed E-state index contributed by atoms with van der Waals surface area (Å²) in [7, 11) is 0. The predicted molar refractivity (Wildman–Crippen MR) is 63.9 cm³/mol. The van der Waals surface area contributed by atoms with E-state index in [4.69, 9.17) is 11.6 Å². The van der Waals surface area contributed by atoms with E-state index >= 15 is 0 Å². The molecule has 0 aliphatic rings. The third-order valence-electron chi connectivity index (χ3n) is 2.17. The van der Waals surface area contributed by atoms with Gasteiger partial charge in [0.2, 0.25) is 0 Å². The summed E-state index contributed by atoms with van der Waals surface area (Å²) >= 11 is 7.32. The maximum Gasteiger partial charge on any atom is 0.195 e. The topological polar surface area (TPSA) is 17.1 Å². The summed E-state index contributed by atoms with van der Waals surface area (Å²) in [4.78, 5) is 13.0. The van der Waals surface area contributed by atoms with Crippen molar-refractivity contribution in [3.8, 4) is 0 Å². The van der Waals surface area contributed by atoms with Gasteiger partial charge in [-0.05, 0) is 31.2 Å². The number of halogens is 2. The van der Waals surface area contributed by atoms with Crippen molar-refractivity contribution in [1.29, 1.82) is 0 Å². The largest absolute Gasteiger partial charge is 0.289 e. The van der Waals surface area contributed by atoms with E-state index in [0.717, 1.165) is 10.9 Å². The summed E-state index contributed by atoms with van der Waals surface area (Å²) in [5.41, 5.74) is 0.928. The van der Waals surface area contributed by atoms with E-state index in [1.54, 1.807) is 11.4 Å². The van der Waals surface area contributed by atoms with Crippen molar-refractivity contribution in [2.75, 3.05) is 0 Å². The second-order valence-electron chi connectivity index (χ2n) is 3.40. The molecular weight excluding hydrogens is 247 g/mol. The summed E-state index contributed by atoms with van der Waals surface area (Å²) in [5.74, 6) is -0.614. The van der Waals surface area contributed by atoms with E-state index in [1.807, 2.05) is 6.92 Å². The standard InChI is InChI=1S/C12H8ClFOS/c1-7-4-8(6-16-7)12(15)10-3-2-9(14)5-11(10)13/h2-6H,1H3. The average molecular weight is 255 g/mol. The lowest BCUT2D eigenvalue weighted by atomic mass is 10.1. The molecule has 2 rings (SSSR count). The second kappa shape index (κ2) is 4.36. The molecule has 4 heteroatoms. The highest BCUT2D eigenvalue weighted by Crippen LogP contribution is 2.23. The molecule has 1 heterocycles. The van der Waals surface area contributed by atoms with Gasteiger partial charge in [-0.25, -0.2) is 4.39 Å². The number of carbonyl (C=O) groups excluding carboxylic acids is 1. The molecule has 0 atom stereocenters. The smallest absolute Gasteiger partial charge is 0.195 e. The molecule has 0 N–H and O–H groups in total. The highest BCUT2D eigenvalue weighted by Gasteiger charge is 2.14. The van der Waals surface area contributed by atoms with Gasteiger partial charge < -0.3 is 0 Å². The Hall–Kier alpha value is -1.19. The quantitative estimate of drug-likeness (QED) is 0.738. The van der Waals surface area contributed by atoms with E-state index in [9.17, 15) is 9.18 Å². The maximum absolute atomic E-state index is 12.8. The van der Waals surface area contributed by atoms with Gasteiger partial charge in [0.25, 0.3) is 0 Å². The number of rotatable bonds is 2. The number of hydrogen-bond acceptors (Lipinski definition) is 2. The number of benzene rings is 1. The summed E-state index contributed by atoms with van der Waals surface area (Å²) in [5, 5.41) is 1.92. The summed E-state index contributed by atoms with van der Waals surface area (Å²) in [6.07, 6.45) is 0. The summed E-state index contributed by atoms with van der Waals surface area (Å²) in [6.45, 7) is 1.92. The fourth-order valence-electron chi connectivity index (χ4n) is 1.39. The Labute approximate surface area is 101 Å². The third kappa shape index (κ3) is 2.15. The lowest BCUT2D eigenvalue weighted by Crippen LogP contribution is -2.00. The molecule has 0 unspecified atom stereocenters. The zero-order chi connectivity index (χ0) is 11.7. The molecule has 1 aromatic heterocycles. The predicted octanol–water partition coefficient (Wildman–Crippen LogP) is 4.08. The lowest BCUT2D eigenvalue weighted by molar-refractivity contribution is 0.103. The van der Waals surface area contributed by atoms with Gasteiger partial charge in [0.05, 0.1) is 5.02 Å². The number of carbonyl (C=O) groups is 1. The number of aryl methyl sites for hydroxylation is 1. The van der Waals surface area contributed by atoms with Crippen molar-refractivity contribution in [2.24, 2.45) is 0 Å². The Morgan fingerprint density at radius 2 is 2.12 bits per heavy atom. The van der Waals surface area contributed by atoms with Crippen LogP contribution in [0.2, 0.25) is 5.02 Å². The van der Waals surface area contributed by atoms with E-state index in [1.165, 1.54) is 23.5 Å². The maximum atomic E-state index is 12.8. The molecule has 2 aromatic rings. The highest BCUT2D eigenvalue weighted by atomic mass is 35.5. The van der Waals surface area contributed by atoms with E-state index in [-0.39, 0.29) is 10.8 Å². The van der Waals surface area contributed by atoms with Gasteiger partial charge in [0.15, 0.2) is 5.78 Å². The first-order valence-corrected chi connectivity index (χ1v) is 5.88. The molecule has 0 aliphatic carbocycles. The number of thiophene rings is 1. The van der Waals surface area contributed by atoms with Gasteiger partial charge >= 0.3 is 0 Å². The van der Waals surface area contributed by atoms with Crippen LogP contribution in [0.5, 0.6) is 0 Å². The molecule has 0 bridgehead atoms. The monoisotopic (exact) mass is 254 g/mol. The summed E-state index contributed by atoms with van der Waals surface area (Å²) in [6, 6.07) is 5.59. The van der Waals surface area contributed by atoms with Crippen molar-refractivity contribution in [1.82, 2.24) is 0 Å². The molecular formula is C12H8ClFOS. The second-order valence-corrected chi connectivity index (χ2v) is 4.92. The summed E-state index contributed by atoms with van der Waals surface area (Å²) < 4.78 is 12.8. The van der Waals surface area contributed by atoms with Gasteiger partial charge in [-0.15, -0.1) is 11.3 Å². The molecule has 16 heavy (non-hydrogen) atoms. The van der Waals surface area contributed by atoms with Gasteiger partial charge in [-0.3, -0.25) is 4.79 Å². The van der Waals surface area contributed by atoms with Crippen LogP contribution in [-0.4, -0.2) is 5.78 Å². The first-order valence-electron chi connectivity index (χ1n) is 4.63. The molecule has 0 saturated carbocycles. The lowest BCUT2D eigenvalue weighted by Gasteiger charge is -2.01. The molecule has 0 amide bonds. The van der Waals surface area contributed by atoms with Crippen molar-refractivity contribution >= 4 is 28.7 Å². The molecule has 0 fully saturated rings. The van der Waals surface area contributed by atoms with Crippen LogP contribution in [0, 0.1) is 12.7 Å². The number of ketones is 1. The highest BCUT2D eigenvalue weighted by molar-refractivity contribution is 7.10. The Balaban J connectivity index is 2.41. The Morgan fingerprint density at radius 1 is 1.38 bits per heavy atom. The minimum atomic E-state index is -0.442. The van der Waals surface area contributed by atoms with Crippen molar-refractivity contribution in [2.45, 2.75) is 6.92 Å². The molecule has 1 aromatic carbocycles. The zero-order valence-corrected chi connectivity index (χ0v) is 10.0.